The van der Waals surface area contributed by atoms with Crippen molar-refractivity contribution in [3.63, 3.8) is 0 Å². The van der Waals surface area contributed by atoms with E-state index in [1.165, 1.54) is 12.0 Å². The quantitative estimate of drug-likeness (QED) is 0.678. The third kappa shape index (κ3) is 2.10. The van der Waals surface area contributed by atoms with E-state index in [4.69, 9.17) is 0 Å². The van der Waals surface area contributed by atoms with Gasteiger partial charge < -0.3 is 5.11 Å². The first-order valence-electron chi connectivity index (χ1n) is 6.83. The highest BCUT2D eigenvalue weighted by molar-refractivity contribution is 5.24. The summed E-state index contributed by atoms with van der Waals surface area (Å²) < 4.78 is 0. The third-order valence-corrected chi connectivity index (χ3v) is 5.42. The van der Waals surface area contributed by atoms with Gasteiger partial charge >= 0.3 is 0 Å². The summed E-state index contributed by atoms with van der Waals surface area (Å²) in [5, 5.41) is 10.2. The standard InChI is InChI=1S/C16H26O/c1-11-6-7-14(15(11,3)4)13-8-9-16(5,17)12(2)10-13/h6,10,13-14,17H,7-9H2,1-5H3/t13?,14?,16-/m1/s1. The van der Waals surface area contributed by atoms with E-state index in [1.54, 1.807) is 0 Å². The summed E-state index contributed by atoms with van der Waals surface area (Å²) in [7, 11) is 0. The van der Waals surface area contributed by atoms with Crippen LogP contribution in [0.3, 0.4) is 0 Å². The van der Waals surface area contributed by atoms with E-state index in [2.05, 4.69) is 39.8 Å². The molecule has 1 heteroatoms. The maximum Gasteiger partial charge on any atom is 0.0826 e. The molecule has 3 atom stereocenters. The second-order valence-electron chi connectivity index (χ2n) is 6.78. The topological polar surface area (TPSA) is 20.2 Å². The van der Waals surface area contributed by atoms with Gasteiger partial charge in [-0.25, -0.2) is 0 Å². The van der Waals surface area contributed by atoms with Gasteiger partial charge in [0.25, 0.3) is 0 Å². The van der Waals surface area contributed by atoms with Crippen molar-refractivity contribution in [1.29, 1.82) is 0 Å². The van der Waals surface area contributed by atoms with E-state index in [-0.39, 0.29) is 0 Å². The molecule has 0 saturated carbocycles. The summed E-state index contributed by atoms with van der Waals surface area (Å²) in [5.41, 5.74) is 2.45. The Morgan fingerprint density at radius 2 is 1.82 bits per heavy atom. The van der Waals surface area contributed by atoms with Gasteiger partial charge in [0.15, 0.2) is 0 Å². The molecule has 96 valence electrons. The van der Waals surface area contributed by atoms with E-state index in [0.717, 1.165) is 18.4 Å². The van der Waals surface area contributed by atoms with Crippen molar-refractivity contribution in [2.45, 2.75) is 59.5 Å². The molecule has 0 spiro atoms. The second kappa shape index (κ2) is 3.98. The Labute approximate surface area is 106 Å². The van der Waals surface area contributed by atoms with Crippen molar-refractivity contribution in [1.82, 2.24) is 0 Å². The summed E-state index contributed by atoms with van der Waals surface area (Å²) in [6.07, 6.45) is 7.98. The SMILES string of the molecule is CC1=CCC(C2C=C(C)[C@](C)(O)CC2)C1(C)C. The van der Waals surface area contributed by atoms with Crippen LogP contribution in [0.4, 0.5) is 0 Å². The van der Waals surface area contributed by atoms with Crippen LogP contribution in [0.2, 0.25) is 0 Å². The normalized spacial score (nSPS) is 41.1. The van der Waals surface area contributed by atoms with Crippen molar-refractivity contribution in [2.24, 2.45) is 17.3 Å². The van der Waals surface area contributed by atoms with Crippen LogP contribution in [0.25, 0.3) is 0 Å². The molecule has 0 bridgehead atoms. The summed E-state index contributed by atoms with van der Waals surface area (Å²) >= 11 is 0. The maximum absolute atomic E-state index is 10.2. The Morgan fingerprint density at radius 3 is 2.29 bits per heavy atom. The van der Waals surface area contributed by atoms with Crippen LogP contribution in [-0.4, -0.2) is 10.7 Å². The van der Waals surface area contributed by atoms with E-state index < -0.39 is 5.60 Å². The van der Waals surface area contributed by atoms with E-state index in [0.29, 0.717) is 17.3 Å². The number of hydrogen-bond acceptors (Lipinski definition) is 1. The molecule has 17 heavy (non-hydrogen) atoms. The Balaban J connectivity index is 2.20. The fourth-order valence-electron chi connectivity index (χ4n) is 3.41. The van der Waals surface area contributed by atoms with Crippen LogP contribution in [0.1, 0.15) is 53.9 Å². The summed E-state index contributed by atoms with van der Waals surface area (Å²) in [6, 6.07) is 0. The van der Waals surface area contributed by atoms with Gasteiger partial charge in [0, 0.05) is 0 Å². The number of aliphatic hydroxyl groups is 1. The van der Waals surface area contributed by atoms with Crippen molar-refractivity contribution >= 4 is 0 Å². The minimum absolute atomic E-state index is 0.324. The minimum atomic E-state index is -0.568. The number of rotatable bonds is 1. The largest absolute Gasteiger partial charge is 0.386 e. The molecule has 0 aromatic carbocycles. The van der Waals surface area contributed by atoms with Crippen LogP contribution in [0.15, 0.2) is 23.3 Å². The Bertz CT molecular complexity index is 371. The molecule has 2 rings (SSSR count). The first kappa shape index (κ1) is 12.9. The lowest BCUT2D eigenvalue weighted by molar-refractivity contribution is 0.0634. The molecule has 1 N–H and O–H groups in total. The molecule has 2 aliphatic carbocycles. The Morgan fingerprint density at radius 1 is 1.18 bits per heavy atom. The van der Waals surface area contributed by atoms with Crippen molar-refractivity contribution in [3.05, 3.63) is 23.3 Å². The van der Waals surface area contributed by atoms with Crippen molar-refractivity contribution < 1.29 is 5.11 Å². The molecule has 0 aliphatic heterocycles. The second-order valence-corrected chi connectivity index (χ2v) is 6.78. The average molecular weight is 234 g/mol. The van der Waals surface area contributed by atoms with Crippen molar-refractivity contribution in [2.75, 3.05) is 0 Å². The van der Waals surface area contributed by atoms with E-state index in [9.17, 15) is 5.11 Å². The Kier molecular flexibility index (Phi) is 3.02. The zero-order valence-electron chi connectivity index (χ0n) is 11.9. The zero-order chi connectivity index (χ0) is 12.8. The third-order valence-electron chi connectivity index (χ3n) is 5.42. The van der Waals surface area contributed by atoms with Gasteiger partial charge in [-0.1, -0.05) is 31.6 Å². The molecule has 0 heterocycles. The lowest BCUT2D eigenvalue weighted by Gasteiger charge is -2.40. The molecule has 0 fully saturated rings. The first-order chi connectivity index (χ1) is 7.75. The number of allylic oxidation sites excluding steroid dienone is 3. The monoisotopic (exact) mass is 234 g/mol. The highest BCUT2D eigenvalue weighted by Gasteiger charge is 2.41. The first-order valence-corrected chi connectivity index (χ1v) is 6.83. The predicted molar refractivity (Wildman–Crippen MR) is 72.7 cm³/mol. The van der Waals surface area contributed by atoms with Gasteiger partial charge in [-0.3, -0.25) is 0 Å². The van der Waals surface area contributed by atoms with Crippen LogP contribution < -0.4 is 0 Å². The Hall–Kier alpha value is -0.560. The highest BCUT2D eigenvalue weighted by Crippen LogP contribution is 2.50. The fourth-order valence-corrected chi connectivity index (χ4v) is 3.41. The van der Waals surface area contributed by atoms with Gasteiger partial charge in [0.2, 0.25) is 0 Å². The van der Waals surface area contributed by atoms with Crippen LogP contribution >= 0.6 is 0 Å². The molecular formula is C16H26O. The lowest BCUT2D eigenvalue weighted by Crippen LogP contribution is -2.35. The molecule has 0 saturated heterocycles. The smallest absolute Gasteiger partial charge is 0.0826 e. The fraction of sp³-hybridized carbons (Fsp3) is 0.750. The lowest BCUT2D eigenvalue weighted by atomic mass is 9.66. The molecule has 1 nitrogen and oxygen atoms in total. The molecule has 0 radical (unpaired) electrons. The van der Waals surface area contributed by atoms with Crippen LogP contribution in [0, 0.1) is 17.3 Å². The molecular weight excluding hydrogens is 208 g/mol. The summed E-state index contributed by atoms with van der Waals surface area (Å²) in [5.74, 6) is 1.35. The summed E-state index contributed by atoms with van der Waals surface area (Å²) in [6.45, 7) is 11.0. The van der Waals surface area contributed by atoms with Gasteiger partial charge in [-0.05, 0) is 62.9 Å². The average Bonchev–Trinajstić information content (AvgIpc) is 2.47. The minimum Gasteiger partial charge on any atom is -0.386 e. The van der Waals surface area contributed by atoms with E-state index >= 15 is 0 Å². The maximum atomic E-state index is 10.2. The zero-order valence-corrected chi connectivity index (χ0v) is 11.9. The van der Waals surface area contributed by atoms with Gasteiger partial charge in [-0.15, -0.1) is 0 Å². The predicted octanol–water partition coefficient (Wildman–Crippen LogP) is 4.09. The van der Waals surface area contributed by atoms with Gasteiger partial charge in [0.1, 0.15) is 0 Å². The van der Waals surface area contributed by atoms with Gasteiger partial charge in [0.05, 0.1) is 5.60 Å². The highest BCUT2D eigenvalue weighted by atomic mass is 16.3. The van der Waals surface area contributed by atoms with Gasteiger partial charge in [-0.2, -0.15) is 0 Å². The molecule has 0 aromatic heterocycles. The summed E-state index contributed by atoms with van der Waals surface area (Å²) in [4.78, 5) is 0. The van der Waals surface area contributed by atoms with Crippen molar-refractivity contribution in [3.8, 4) is 0 Å². The number of hydrogen-bond donors (Lipinski definition) is 1. The molecule has 2 unspecified atom stereocenters. The van der Waals surface area contributed by atoms with Crippen LogP contribution in [-0.2, 0) is 0 Å². The molecule has 0 aromatic rings. The van der Waals surface area contributed by atoms with Crippen LogP contribution in [0.5, 0.6) is 0 Å². The molecule has 0 amide bonds. The van der Waals surface area contributed by atoms with E-state index in [1.807, 2.05) is 6.92 Å². The molecule has 2 aliphatic rings.